The highest BCUT2D eigenvalue weighted by atomic mass is 16.6. The zero-order valence-corrected chi connectivity index (χ0v) is 6.83. The summed E-state index contributed by atoms with van der Waals surface area (Å²) in [6, 6.07) is 0. The predicted molar refractivity (Wildman–Crippen MR) is 40.3 cm³/mol. The topological polar surface area (TPSA) is 52.6 Å². The third kappa shape index (κ3) is 2.08. The Morgan fingerprint density at radius 3 is 3.00 bits per heavy atom. The van der Waals surface area contributed by atoms with Crippen molar-refractivity contribution in [2.45, 2.75) is 19.4 Å². The Labute approximate surface area is 70.1 Å². The number of hydrogen-bond donors (Lipinski definition) is 0. The lowest BCUT2D eigenvalue weighted by atomic mass is 10.1. The highest BCUT2D eigenvalue weighted by Gasteiger charge is 2.26. The van der Waals surface area contributed by atoms with Crippen molar-refractivity contribution in [2.24, 2.45) is 0 Å². The van der Waals surface area contributed by atoms with Gasteiger partial charge in [0.15, 0.2) is 0 Å². The predicted octanol–water partition coefficient (Wildman–Crippen LogP) is 0.421. The average Bonchev–Trinajstić information content (AvgIpc) is 1.96. The lowest BCUT2D eigenvalue weighted by Gasteiger charge is -2.23. The Balaban J connectivity index is 2.55. The smallest absolute Gasteiger partial charge is 0.310 e. The Bertz CT molecular complexity index is 229. The fraction of sp³-hybridized carbons (Fsp3) is 0.500. The van der Waals surface area contributed by atoms with Gasteiger partial charge in [-0.05, 0) is 0 Å². The van der Waals surface area contributed by atoms with Gasteiger partial charge < -0.3 is 9.47 Å². The molecule has 0 aromatic heterocycles. The number of esters is 2. The Kier molecular flexibility index (Phi) is 2.47. The Morgan fingerprint density at radius 1 is 1.75 bits per heavy atom. The van der Waals surface area contributed by atoms with Crippen LogP contribution in [0, 0.1) is 0 Å². The molecule has 1 heterocycles. The molecule has 66 valence electrons. The molecule has 0 bridgehead atoms. The summed E-state index contributed by atoms with van der Waals surface area (Å²) in [4.78, 5) is 21.3. The van der Waals surface area contributed by atoms with Gasteiger partial charge in [-0.15, -0.1) is 0 Å². The molecule has 0 aliphatic carbocycles. The average molecular weight is 170 g/mol. The van der Waals surface area contributed by atoms with Gasteiger partial charge in [0.1, 0.15) is 12.7 Å². The van der Waals surface area contributed by atoms with Crippen molar-refractivity contribution in [2.75, 3.05) is 6.61 Å². The van der Waals surface area contributed by atoms with Crippen LogP contribution in [0.25, 0.3) is 0 Å². The number of cyclic esters (lactones) is 1. The van der Waals surface area contributed by atoms with Crippen LogP contribution in [0.1, 0.15) is 13.3 Å². The van der Waals surface area contributed by atoms with Crippen LogP contribution in [0.2, 0.25) is 0 Å². The van der Waals surface area contributed by atoms with E-state index in [1.54, 1.807) is 0 Å². The van der Waals surface area contributed by atoms with Crippen LogP contribution in [0.3, 0.4) is 0 Å². The van der Waals surface area contributed by atoms with Gasteiger partial charge in [0, 0.05) is 12.5 Å². The molecule has 1 aliphatic rings. The van der Waals surface area contributed by atoms with E-state index in [1.807, 2.05) is 0 Å². The minimum absolute atomic E-state index is 0.0818. The van der Waals surface area contributed by atoms with E-state index in [0.29, 0.717) is 5.57 Å². The van der Waals surface area contributed by atoms with Crippen LogP contribution in [0.5, 0.6) is 0 Å². The van der Waals surface area contributed by atoms with Gasteiger partial charge in [-0.2, -0.15) is 0 Å². The van der Waals surface area contributed by atoms with Gasteiger partial charge in [-0.1, -0.05) is 6.58 Å². The van der Waals surface area contributed by atoms with Crippen molar-refractivity contribution in [3.8, 4) is 0 Å². The van der Waals surface area contributed by atoms with Crippen molar-refractivity contribution in [3.63, 3.8) is 0 Å². The quantitative estimate of drug-likeness (QED) is 0.422. The second-order valence-electron chi connectivity index (χ2n) is 2.62. The van der Waals surface area contributed by atoms with E-state index in [9.17, 15) is 9.59 Å². The Morgan fingerprint density at radius 2 is 2.42 bits per heavy atom. The molecule has 4 heteroatoms. The molecule has 0 spiro atoms. The molecule has 1 aliphatic heterocycles. The summed E-state index contributed by atoms with van der Waals surface area (Å²) in [5.74, 6) is -0.760. The van der Waals surface area contributed by atoms with Gasteiger partial charge >= 0.3 is 11.9 Å². The third-order valence-electron chi connectivity index (χ3n) is 1.53. The first-order valence-corrected chi connectivity index (χ1v) is 3.60. The van der Waals surface area contributed by atoms with Crippen molar-refractivity contribution in [1.29, 1.82) is 0 Å². The van der Waals surface area contributed by atoms with E-state index in [1.165, 1.54) is 6.92 Å². The maximum Gasteiger partial charge on any atom is 0.310 e. The van der Waals surface area contributed by atoms with Gasteiger partial charge in [0.2, 0.25) is 0 Å². The molecule has 0 N–H and O–H groups in total. The van der Waals surface area contributed by atoms with E-state index in [-0.39, 0.29) is 19.0 Å². The van der Waals surface area contributed by atoms with E-state index in [4.69, 9.17) is 4.74 Å². The van der Waals surface area contributed by atoms with E-state index >= 15 is 0 Å². The Hall–Kier alpha value is -1.32. The lowest BCUT2D eigenvalue weighted by Crippen LogP contribution is -2.30. The van der Waals surface area contributed by atoms with Crippen LogP contribution in [0.15, 0.2) is 12.2 Å². The second kappa shape index (κ2) is 3.38. The number of hydrogen-bond acceptors (Lipinski definition) is 4. The molecule has 1 fully saturated rings. The second-order valence-corrected chi connectivity index (χ2v) is 2.62. The van der Waals surface area contributed by atoms with Crippen molar-refractivity contribution in [3.05, 3.63) is 12.2 Å². The minimum Gasteiger partial charge on any atom is -0.461 e. The van der Waals surface area contributed by atoms with E-state index < -0.39 is 12.1 Å². The van der Waals surface area contributed by atoms with Gasteiger partial charge in [-0.25, -0.2) is 0 Å². The van der Waals surface area contributed by atoms with Crippen LogP contribution < -0.4 is 0 Å². The van der Waals surface area contributed by atoms with Crippen molar-refractivity contribution in [1.82, 2.24) is 0 Å². The zero-order chi connectivity index (χ0) is 9.14. The fourth-order valence-electron chi connectivity index (χ4n) is 0.946. The summed E-state index contributed by atoms with van der Waals surface area (Å²) < 4.78 is 9.51. The number of carbonyl (C=O) groups is 2. The monoisotopic (exact) mass is 170 g/mol. The standard InChI is InChI=1S/C8H10O4/c1-5-4-11-8(10)3-7(5)12-6(2)9/h7H,1,3-4H2,2H3/t7-/m1/s1. The van der Waals surface area contributed by atoms with Crippen LogP contribution in [-0.2, 0) is 19.1 Å². The number of ether oxygens (including phenoxy) is 2. The van der Waals surface area contributed by atoms with Gasteiger partial charge in [-0.3, -0.25) is 9.59 Å². The van der Waals surface area contributed by atoms with Crippen LogP contribution in [-0.4, -0.2) is 24.6 Å². The maximum absolute atomic E-state index is 10.7. The fourth-order valence-corrected chi connectivity index (χ4v) is 0.946. The van der Waals surface area contributed by atoms with Crippen LogP contribution in [0.4, 0.5) is 0 Å². The number of carbonyl (C=O) groups excluding carboxylic acids is 2. The first-order valence-electron chi connectivity index (χ1n) is 3.60. The molecule has 0 saturated carbocycles. The van der Waals surface area contributed by atoms with E-state index in [0.717, 1.165) is 0 Å². The van der Waals surface area contributed by atoms with E-state index in [2.05, 4.69) is 11.3 Å². The summed E-state index contributed by atoms with van der Waals surface area (Å²) in [5.41, 5.74) is 0.629. The summed E-state index contributed by atoms with van der Waals surface area (Å²) in [6.45, 7) is 5.08. The molecule has 1 rings (SSSR count). The summed E-state index contributed by atoms with van der Waals surface area (Å²) >= 11 is 0. The number of rotatable bonds is 1. The lowest BCUT2D eigenvalue weighted by molar-refractivity contribution is -0.155. The SMILES string of the molecule is C=C1COC(=O)C[C@H]1OC(C)=O. The van der Waals surface area contributed by atoms with Crippen molar-refractivity contribution < 1.29 is 19.1 Å². The first kappa shape index (κ1) is 8.77. The molecular formula is C8H10O4. The maximum atomic E-state index is 10.7. The molecule has 1 atom stereocenters. The molecule has 0 aromatic carbocycles. The highest BCUT2D eigenvalue weighted by molar-refractivity contribution is 5.73. The van der Waals surface area contributed by atoms with Gasteiger partial charge in [0.05, 0.1) is 6.42 Å². The molecule has 0 radical (unpaired) electrons. The molecule has 4 nitrogen and oxygen atoms in total. The van der Waals surface area contributed by atoms with Crippen LogP contribution >= 0.6 is 0 Å². The molecule has 0 aromatic rings. The molecule has 12 heavy (non-hydrogen) atoms. The summed E-state index contributed by atoms with van der Waals surface area (Å²) in [6.07, 6.45) is -0.415. The first-order chi connectivity index (χ1) is 5.59. The summed E-state index contributed by atoms with van der Waals surface area (Å²) in [5, 5.41) is 0. The van der Waals surface area contributed by atoms with Gasteiger partial charge in [0.25, 0.3) is 0 Å². The van der Waals surface area contributed by atoms with Crippen molar-refractivity contribution >= 4 is 11.9 Å². The normalized spacial score (nSPS) is 23.2. The molecule has 1 saturated heterocycles. The summed E-state index contributed by atoms with van der Waals surface area (Å²) in [7, 11) is 0. The largest absolute Gasteiger partial charge is 0.461 e. The minimum atomic E-state index is -0.497. The third-order valence-corrected chi connectivity index (χ3v) is 1.53. The molecular weight excluding hydrogens is 160 g/mol. The zero-order valence-electron chi connectivity index (χ0n) is 6.83. The molecule has 0 unspecified atom stereocenters. The highest BCUT2D eigenvalue weighted by Crippen LogP contribution is 2.16. The molecule has 0 amide bonds.